The third-order valence-electron chi connectivity index (χ3n) is 5.27. The zero-order chi connectivity index (χ0) is 19.4. The molecule has 1 saturated carbocycles. The van der Waals surface area contributed by atoms with Gasteiger partial charge in [-0.05, 0) is 56.2 Å². The maximum Gasteiger partial charge on any atom is 0.238 e. The second-order valence-corrected chi connectivity index (χ2v) is 7.18. The predicted octanol–water partition coefficient (Wildman–Crippen LogP) is 2.60. The number of amides is 1. The average Bonchev–Trinajstić information content (AvgIpc) is 3.39. The van der Waals surface area contributed by atoms with E-state index in [2.05, 4.69) is 20.8 Å². The van der Waals surface area contributed by atoms with Crippen molar-refractivity contribution in [1.29, 1.82) is 5.26 Å². The molecule has 3 atom stereocenters. The Bertz CT molecular complexity index is 856. The van der Waals surface area contributed by atoms with Crippen molar-refractivity contribution < 1.29 is 9.18 Å². The Hall–Kier alpha value is -2.72. The van der Waals surface area contributed by atoms with Gasteiger partial charge in [-0.25, -0.2) is 4.39 Å². The van der Waals surface area contributed by atoms with Crippen LogP contribution in [0.1, 0.15) is 30.4 Å². The molecule has 1 saturated heterocycles. The number of H-pyrrole nitrogens is 1. The third-order valence-corrected chi connectivity index (χ3v) is 5.27. The van der Waals surface area contributed by atoms with Gasteiger partial charge in [0.2, 0.25) is 5.91 Å². The summed E-state index contributed by atoms with van der Waals surface area (Å²) in [5.41, 5.74) is 3.39. The van der Waals surface area contributed by atoms with Crippen molar-refractivity contribution in [3.05, 3.63) is 41.3 Å². The summed E-state index contributed by atoms with van der Waals surface area (Å²) in [6, 6.07) is 7.60. The fourth-order valence-corrected chi connectivity index (χ4v) is 3.77. The Morgan fingerprint density at radius 2 is 2.19 bits per heavy atom. The van der Waals surface area contributed by atoms with Gasteiger partial charge in [-0.15, -0.1) is 0 Å². The van der Waals surface area contributed by atoms with Crippen LogP contribution < -0.4 is 10.6 Å². The first-order valence-corrected chi connectivity index (χ1v) is 9.16. The fraction of sp³-hybridized carbons (Fsp3) is 0.450. The molecule has 2 aromatic rings. The number of hydrogen-bond acceptors (Lipinski definition) is 4. The van der Waals surface area contributed by atoms with Crippen LogP contribution in [0.2, 0.25) is 0 Å². The smallest absolute Gasteiger partial charge is 0.238 e. The zero-order valence-corrected chi connectivity index (χ0v) is 15.6. The largest absolute Gasteiger partial charge is 0.342 e. The number of halogens is 1. The minimum Gasteiger partial charge on any atom is -0.342 e. The molecule has 1 aromatic heterocycles. The maximum absolute atomic E-state index is 13.3. The molecule has 1 aromatic carbocycles. The summed E-state index contributed by atoms with van der Waals surface area (Å²) >= 11 is 0. The standard InChI is InChI=1S/C11H11FN2.C9H13N3O/c1-7-3-4-9(5-10(7)12)11-8(2)6-13-14-11;10-3-4-11-9(13)8-6-1-2-7(5-6)12-8/h3-6H,1-2H3,(H,13,14);6-8,12H,1-2,4-5H2,(H,11,13)/t;6?,7-,8+/m.1/s1. The molecule has 1 unspecified atom stereocenters. The molecule has 1 amide bonds. The van der Waals surface area contributed by atoms with Crippen LogP contribution in [0, 0.1) is 36.9 Å². The number of fused-ring (bicyclic) bond motifs is 2. The summed E-state index contributed by atoms with van der Waals surface area (Å²) in [6.45, 7) is 3.81. The summed E-state index contributed by atoms with van der Waals surface area (Å²) in [5, 5.41) is 20.9. The number of aromatic amines is 1. The number of hydrogen-bond donors (Lipinski definition) is 3. The number of benzene rings is 1. The lowest BCUT2D eigenvalue weighted by Crippen LogP contribution is -2.47. The van der Waals surface area contributed by atoms with E-state index in [1.54, 1.807) is 19.2 Å². The van der Waals surface area contributed by atoms with Gasteiger partial charge in [-0.1, -0.05) is 12.1 Å². The molecule has 4 rings (SSSR count). The third kappa shape index (κ3) is 4.34. The number of nitrogens with zero attached hydrogens (tertiary/aromatic N) is 2. The Kier molecular flexibility index (Phi) is 5.87. The Morgan fingerprint density at radius 1 is 1.37 bits per heavy atom. The van der Waals surface area contributed by atoms with E-state index in [4.69, 9.17) is 5.26 Å². The van der Waals surface area contributed by atoms with Crippen LogP contribution in [0.3, 0.4) is 0 Å². The number of aryl methyl sites for hydroxylation is 2. The molecule has 2 bridgehead atoms. The first-order valence-electron chi connectivity index (χ1n) is 9.16. The van der Waals surface area contributed by atoms with Gasteiger partial charge in [0.1, 0.15) is 12.4 Å². The van der Waals surface area contributed by atoms with Crippen LogP contribution >= 0.6 is 0 Å². The van der Waals surface area contributed by atoms with E-state index in [1.165, 1.54) is 12.5 Å². The summed E-state index contributed by atoms with van der Waals surface area (Å²) in [6.07, 6.45) is 5.22. The molecular weight excluding hydrogens is 345 g/mol. The number of rotatable bonds is 3. The van der Waals surface area contributed by atoms with Crippen molar-refractivity contribution in [2.75, 3.05) is 6.54 Å². The highest BCUT2D eigenvalue weighted by atomic mass is 19.1. The molecule has 0 spiro atoms. The van der Waals surface area contributed by atoms with Crippen molar-refractivity contribution in [1.82, 2.24) is 20.8 Å². The van der Waals surface area contributed by atoms with Gasteiger partial charge in [0, 0.05) is 11.6 Å². The van der Waals surface area contributed by atoms with Crippen LogP contribution in [0.5, 0.6) is 0 Å². The lowest BCUT2D eigenvalue weighted by Gasteiger charge is -2.21. The molecule has 1 aliphatic heterocycles. The molecule has 0 radical (unpaired) electrons. The first kappa shape index (κ1) is 19.1. The van der Waals surface area contributed by atoms with E-state index in [-0.39, 0.29) is 24.3 Å². The van der Waals surface area contributed by atoms with Gasteiger partial charge in [0.05, 0.1) is 24.0 Å². The maximum atomic E-state index is 13.3. The Labute approximate surface area is 158 Å². The van der Waals surface area contributed by atoms with Crippen molar-refractivity contribution in [3.8, 4) is 17.3 Å². The van der Waals surface area contributed by atoms with E-state index in [9.17, 15) is 9.18 Å². The van der Waals surface area contributed by atoms with Gasteiger partial charge in [0.25, 0.3) is 0 Å². The predicted molar refractivity (Wildman–Crippen MR) is 100 cm³/mol. The van der Waals surface area contributed by atoms with Crippen LogP contribution in [-0.2, 0) is 4.79 Å². The summed E-state index contributed by atoms with van der Waals surface area (Å²) in [4.78, 5) is 11.5. The molecule has 27 heavy (non-hydrogen) atoms. The van der Waals surface area contributed by atoms with E-state index in [0.29, 0.717) is 17.5 Å². The van der Waals surface area contributed by atoms with Crippen molar-refractivity contribution in [2.45, 2.75) is 45.2 Å². The minimum atomic E-state index is -0.184. The number of carbonyl (C=O) groups excluding carboxylic acids is 1. The van der Waals surface area contributed by atoms with Crippen molar-refractivity contribution >= 4 is 5.91 Å². The van der Waals surface area contributed by atoms with Gasteiger partial charge < -0.3 is 10.6 Å². The summed E-state index contributed by atoms with van der Waals surface area (Å²) < 4.78 is 13.3. The summed E-state index contributed by atoms with van der Waals surface area (Å²) in [5.74, 6) is 0.314. The van der Waals surface area contributed by atoms with Crippen LogP contribution in [0.25, 0.3) is 11.3 Å². The molecule has 7 heteroatoms. The van der Waals surface area contributed by atoms with E-state index in [1.807, 2.05) is 19.1 Å². The zero-order valence-electron chi connectivity index (χ0n) is 15.6. The highest BCUT2D eigenvalue weighted by Gasteiger charge is 2.42. The quantitative estimate of drug-likeness (QED) is 0.725. The van der Waals surface area contributed by atoms with Crippen LogP contribution in [0.4, 0.5) is 4.39 Å². The molecule has 6 nitrogen and oxygen atoms in total. The average molecular weight is 369 g/mol. The monoisotopic (exact) mass is 369 g/mol. The van der Waals surface area contributed by atoms with Crippen molar-refractivity contribution in [2.24, 2.45) is 5.92 Å². The highest BCUT2D eigenvalue weighted by molar-refractivity contribution is 5.82. The van der Waals surface area contributed by atoms with Gasteiger partial charge in [-0.3, -0.25) is 9.89 Å². The molecule has 142 valence electrons. The highest BCUT2D eigenvalue weighted by Crippen LogP contribution is 2.35. The van der Waals surface area contributed by atoms with Gasteiger partial charge in [0.15, 0.2) is 0 Å². The van der Waals surface area contributed by atoms with E-state index < -0.39 is 0 Å². The minimum absolute atomic E-state index is 0.00579. The molecule has 1 aliphatic carbocycles. The molecule has 3 N–H and O–H groups in total. The molecular formula is C20H24FN5O. The van der Waals surface area contributed by atoms with Crippen molar-refractivity contribution in [3.63, 3.8) is 0 Å². The van der Waals surface area contributed by atoms with E-state index in [0.717, 1.165) is 29.7 Å². The Morgan fingerprint density at radius 3 is 2.74 bits per heavy atom. The van der Waals surface area contributed by atoms with Crippen LogP contribution in [-0.4, -0.2) is 34.7 Å². The first-order chi connectivity index (χ1) is 13.0. The number of aromatic nitrogens is 2. The van der Waals surface area contributed by atoms with Crippen LogP contribution in [0.15, 0.2) is 24.4 Å². The van der Waals surface area contributed by atoms with Gasteiger partial charge >= 0.3 is 0 Å². The van der Waals surface area contributed by atoms with E-state index >= 15 is 0 Å². The molecule has 2 fully saturated rings. The normalized spacial score (nSPS) is 22.7. The second kappa shape index (κ2) is 8.31. The molecule has 2 heterocycles. The second-order valence-electron chi connectivity index (χ2n) is 7.18. The lowest BCUT2D eigenvalue weighted by atomic mass is 9.99. The van der Waals surface area contributed by atoms with Gasteiger partial charge in [-0.2, -0.15) is 10.4 Å². The number of nitriles is 1. The summed E-state index contributed by atoms with van der Waals surface area (Å²) in [7, 11) is 0. The Balaban J connectivity index is 0.000000156. The lowest BCUT2D eigenvalue weighted by molar-refractivity contribution is -0.123. The SMILES string of the molecule is Cc1ccc(-c2[nH]ncc2C)cc1F.N#CCNC(=O)[C@H]1N[C@@H]2CCC1C2. The topological polar surface area (TPSA) is 93.6 Å². The number of piperidine rings is 1. The molecule has 2 aliphatic rings. The number of nitrogens with one attached hydrogen (secondary N) is 3. The fourth-order valence-electron chi connectivity index (χ4n) is 3.77. The number of carbonyl (C=O) groups is 1.